The maximum Gasteiger partial charge on any atom is 0.133 e. The quantitative estimate of drug-likeness (QED) is 0.752. The summed E-state index contributed by atoms with van der Waals surface area (Å²) in [6.07, 6.45) is 0. The highest BCUT2D eigenvalue weighted by molar-refractivity contribution is 6.30. The lowest BCUT2D eigenvalue weighted by Gasteiger charge is -2.10. The Bertz CT molecular complexity index is 537. The van der Waals surface area contributed by atoms with Crippen molar-refractivity contribution in [3.05, 3.63) is 35.0 Å². The number of ether oxygens (including phenoxy) is 1. The zero-order chi connectivity index (χ0) is 12.4. The van der Waals surface area contributed by atoms with Crippen molar-refractivity contribution in [3.63, 3.8) is 0 Å². The van der Waals surface area contributed by atoms with Crippen LogP contribution in [0.15, 0.2) is 24.3 Å². The van der Waals surface area contributed by atoms with Gasteiger partial charge in [0, 0.05) is 5.39 Å². The summed E-state index contributed by atoms with van der Waals surface area (Å²) in [6.45, 7) is 6.87. The zero-order valence-electron chi connectivity index (χ0n) is 10.3. The van der Waals surface area contributed by atoms with Gasteiger partial charge in [0.2, 0.25) is 0 Å². The van der Waals surface area contributed by atoms with Crippen LogP contribution in [-0.4, -0.2) is 11.6 Å². The van der Waals surface area contributed by atoms with Crippen molar-refractivity contribution in [3.8, 4) is 5.75 Å². The highest BCUT2D eigenvalue weighted by atomic mass is 35.5. The van der Waals surface area contributed by atoms with Crippen LogP contribution in [-0.2, 0) is 0 Å². The molecule has 2 rings (SSSR count). The van der Waals surface area contributed by atoms with Gasteiger partial charge in [-0.3, -0.25) is 0 Å². The molecule has 90 valence electrons. The number of pyridine rings is 1. The summed E-state index contributed by atoms with van der Waals surface area (Å²) >= 11 is 6.16. The third kappa shape index (κ3) is 2.52. The summed E-state index contributed by atoms with van der Waals surface area (Å²) in [4.78, 5) is 4.41. The standard InChI is InChI=1S/C14H16ClNO/c1-4-17-11-5-6-13-10(7-11)8-12(9(2)3)14(15)16-13/h5-9H,4H2,1-3H3. The highest BCUT2D eigenvalue weighted by Crippen LogP contribution is 2.28. The van der Waals surface area contributed by atoms with Crippen molar-refractivity contribution < 1.29 is 4.74 Å². The minimum Gasteiger partial charge on any atom is -0.494 e. The summed E-state index contributed by atoms with van der Waals surface area (Å²) < 4.78 is 5.48. The van der Waals surface area contributed by atoms with Crippen LogP contribution >= 0.6 is 11.6 Å². The van der Waals surface area contributed by atoms with E-state index in [0.29, 0.717) is 17.7 Å². The van der Waals surface area contributed by atoms with E-state index in [4.69, 9.17) is 16.3 Å². The smallest absolute Gasteiger partial charge is 0.133 e. The average molecular weight is 250 g/mol. The van der Waals surface area contributed by atoms with Gasteiger partial charge in [-0.25, -0.2) is 4.98 Å². The zero-order valence-corrected chi connectivity index (χ0v) is 11.1. The van der Waals surface area contributed by atoms with E-state index in [0.717, 1.165) is 22.2 Å². The molecule has 0 aliphatic rings. The molecule has 2 nitrogen and oxygen atoms in total. The van der Waals surface area contributed by atoms with Gasteiger partial charge in [-0.05, 0) is 42.7 Å². The Hall–Kier alpha value is -1.28. The molecule has 0 amide bonds. The average Bonchev–Trinajstić information content (AvgIpc) is 2.28. The topological polar surface area (TPSA) is 22.1 Å². The van der Waals surface area contributed by atoms with E-state index in [9.17, 15) is 0 Å². The molecule has 0 saturated carbocycles. The summed E-state index contributed by atoms with van der Waals surface area (Å²) in [5.74, 6) is 1.24. The lowest BCUT2D eigenvalue weighted by atomic mass is 10.0. The fraction of sp³-hybridized carbons (Fsp3) is 0.357. The molecule has 0 bridgehead atoms. The van der Waals surface area contributed by atoms with Gasteiger partial charge in [0.15, 0.2) is 0 Å². The number of benzene rings is 1. The number of nitrogens with zero attached hydrogens (tertiary/aromatic N) is 1. The normalized spacial score (nSPS) is 11.1. The molecule has 0 unspecified atom stereocenters. The van der Waals surface area contributed by atoms with E-state index < -0.39 is 0 Å². The number of fused-ring (bicyclic) bond motifs is 1. The number of aromatic nitrogens is 1. The monoisotopic (exact) mass is 249 g/mol. The highest BCUT2D eigenvalue weighted by Gasteiger charge is 2.08. The largest absolute Gasteiger partial charge is 0.494 e. The van der Waals surface area contributed by atoms with Crippen LogP contribution in [0.5, 0.6) is 5.75 Å². The fourth-order valence-electron chi connectivity index (χ4n) is 1.81. The van der Waals surface area contributed by atoms with E-state index in [1.54, 1.807) is 0 Å². The third-order valence-electron chi connectivity index (χ3n) is 2.70. The summed E-state index contributed by atoms with van der Waals surface area (Å²) in [7, 11) is 0. The molecule has 0 fully saturated rings. The predicted octanol–water partition coefficient (Wildman–Crippen LogP) is 4.41. The molecule has 2 aromatic rings. The van der Waals surface area contributed by atoms with Crippen LogP contribution in [0, 0.1) is 0 Å². The maximum absolute atomic E-state index is 6.16. The van der Waals surface area contributed by atoms with Crippen molar-refractivity contribution in [2.45, 2.75) is 26.7 Å². The first-order valence-corrected chi connectivity index (χ1v) is 6.22. The van der Waals surface area contributed by atoms with E-state index in [1.165, 1.54) is 0 Å². The first-order valence-electron chi connectivity index (χ1n) is 5.84. The van der Waals surface area contributed by atoms with Crippen LogP contribution in [0.1, 0.15) is 32.3 Å². The first kappa shape index (κ1) is 12.2. The van der Waals surface area contributed by atoms with Gasteiger partial charge < -0.3 is 4.74 Å². The Kier molecular flexibility index (Phi) is 3.53. The molecular formula is C14H16ClNO. The Morgan fingerprint density at radius 3 is 2.71 bits per heavy atom. The van der Waals surface area contributed by atoms with Crippen LogP contribution in [0.3, 0.4) is 0 Å². The third-order valence-corrected chi connectivity index (χ3v) is 3.00. The van der Waals surface area contributed by atoms with Crippen LogP contribution < -0.4 is 4.74 Å². The van der Waals surface area contributed by atoms with Gasteiger partial charge in [-0.15, -0.1) is 0 Å². The predicted molar refractivity (Wildman–Crippen MR) is 72.0 cm³/mol. The molecule has 0 aliphatic carbocycles. The minimum absolute atomic E-state index is 0.371. The van der Waals surface area contributed by atoms with Crippen molar-refractivity contribution in [1.82, 2.24) is 4.98 Å². The Morgan fingerprint density at radius 2 is 2.06 bits per heavy atom. The van der Waals surface area contributed by atoms with Gasteiger partial charge in [0.1, 0.15) is 10.9 Å². The molecule has 1 heterocycles. The van der Waals surface area contributed by atoms with Crippen molar-refractivity contribution in [1.29, 1.82) is 0 Å². The summed E-state index contributed by atoms with van der Waals surface area (Å²) in [5, 5.41) is 1.67. The first-order chi connectivity index (χ1) is 8.11. The Labute approximate surface area is 107 Å². The van der Waals surface area contributed by atoms with Crippen LogP contribution in [0.2, 0.25) is 5.15 Å². The summed E-state index contributed by atoms with van der Waals surface area (Å²) in [6, 6.07) is 7.96. The second-order valence-electron chi connectivity index (χ2n) is 4.31. The molecule has 17 heavy (non-hydrogen) atoms. The molecule has 1 aromatic carbocycles. The maximum atomic E-state index is 6.16. The van der Waals surface area contributed by atoms with Crippen molar-refractivity contribution in [2.75, 3.05) is 6.61 Å². The van der Waals surface area contributed by atoms with Crippen molar-refractivity contribution >= 4 is 22.5 Å². The van der Waals surface area contributed by atoms with Gasteiger partial charge in [-0.2, -0.15) is 0 Å². The minimum atomic E-state index is 0.371. The molecule has 0 atom stereocenters. The Morgan fingerprint density at radius 1 is 1.29 bits per heavy atom. The fourth-order valence-corrected chi connectivity index (χ4v) is 2.17. The van der Waals surface area contributed by atoms with Crippen LogP contribution in [0.25, 0.3) is 10.9 Å². The molecular weight excluding hydrogens is 234 g/mol. The molecule has 0 spiro atoms. The molecule has 0 saturated heterocycles. The molecule has 0 aliphatic heterocycles. The summed E-state index contributed by atoms with van der Waals surface area (Å²) in [5.41, 5.74) is 1.98. The SMILES string of the molecule is CCOc1ccc2nc(Cl)c(C(C)C)cc2c1. The number of hydrogen-bond donors (Lipinski definition) is 0. The van der Waals surface area contributed by atoms with E-state index >= 15 is 0 Å². The van der Waals surface area contributed by atoms with Crippen molar-refractivity contribution in [2.24, 2.45) is 0 Å². The lowest BCUT2D eigenvalue weighted by molar-refractivity contribution is 0.340. The second kappa shape index (κ2) is 4.92. The molecule has 3 heteroatoms. The molecule has 1 aromatic heterocycles. The Balaban J connectivity index is 2.56. The van der Waals surface area contributed by atoms with Gasteiger partial charge in [0.05, 0.1) is 12.1 Å². The van der Waals surface area contributed by atoms with Gasteiger partial charge in [0.25, 0.3) is 0 Å². The second-order valence-corrected chi connectivity index (χ2v) is 4.67. The number of rotatable bonds is 3. The van der Waals surface area contributed by atoms with Gasteiger partial charge >= 0.3 is 0 Å². The van der Waals surface area contributed by atoms with E-state index in [-0.39, 0.29) is 0 Å². The number of hydrogen-bond acceptors (Lipinski definition) is 2. The lowest BCUT2D eigenvalue weighted by Crippen LogP contribution is -1.94. The molecule has 0 N–H and O–H groups in total. The van der Waals surface area contributed by atoms with Crippen LogP contribution in [0.4, 0.5) is 0 Å². The van der Waals surface area contributed by atoms with E-state index in [1.807, 2.05) is 25.1 Å². The molecule has 0 radical (unpaired) electrons. The van der Waals surface area contributed by atoms with E-state index in [2.05, 4.69) is 24.9 Å². The van der Waals surface area contributed by atoms with Gasteiger partial charge in [-0.1, -0.05) is 25.4 Å². The number of halogens is 1.